The second kappa shape index (κ2) is 13.9. The number of hydrogen-bond acceptors (Lipinski definition) is 4. The molecule has 1 aromatic carbocycles. The monoisotopic (exact) mass is 509 g/mol. The smallest absolute Gasteiger partial charge is 0.191 e. The molecule has 0 saturated carbocycles. The van der Waals surface area contributed by atoms with E-state index >= 15 is 0 Å². The molecule has 160 valence electrons. The molecule has 0 aliphatic carbocycles. The average Bonchev–Trinajstić information content (AvgIpc) is 2.70. The maximum atomic E-state index is 13.9. The summed E-state index contributed by atoms with van der Waals surface area (Å²) in [6.07, 6.45) is 3.09. The predicted octanol–water partition coefficient (Wildman–Crippen LogP) is 3.51. The number of guanidine groups is 1. The lowest BCUT2D eigenvalue weighted by Crippen LogP contribution is -2.39. The Kier molecular flexibility index (Phi) is 12.4. The highest BCUT2D eigenvalue weighted by Crippen LogP contribution is 2.21. The lowest BCUT2D eigenvalue weighted by atomic mass is 10.0. The molecule has 1 fully saturated rings. The van der Waals surface area contributed by atoms with Gasteiger partial charge in [-0.15, -0.1) is 24.0 Å². The first-order chi connectivity index (χ1) is 13.1. The van der Waals surface area contributed by atoms with E-state index in [9.17, 15) is 4.39 Å². The van der Waals surface area contributed by atoms with E-state index in [0.29, 0.717) is 11.9 Å². The number of halogens is 2. The number of nitrogens with zero attached hydrogens (tertiary/aromatic N) is 1. The normalized spacial score (nSPS) is 16.2. The molecule has 28 heavy (non-hydrogen) atoms. The lowest BCUT2D eigenvalue weighted by molar-refractivity contribution is 0.0203. The molecule has 0 radical (unpaired) electrons. The van der Waals surface area contributed by atoms with Gasteiger partial charge in [-0.2, -0.15) is 0 Å². The Hall–Kier alpha value is -1.13. The van der Waals surface area contributed by atoms with Crippen molar-refractivity contribution in [3.8, 4) is 5.75 Å². The van der Waals surface area contributed by atoms with Crippen molar-refractivity contribution in [3.63, 3.8) is 0 Å². The van der Waals surface area contributed by atoms with Crippen molar-refractivity contribution in [2.75, 3.05) is 47.1 Å². The summed E-state index contributed by atoms with van der Waals surface area (Å²) in [5, 5.41) is 6.53. The van der Waals surface area contributed by atoms with Crippen LogP contribution in [0.3, 0.4) is 0 Å². The summed E-state index contributed by atoms with van der Waals surface area (Å²) in [5.74, 6) is 1.19. The van der Waals surface area contributed by atoms with Gasteiger partial charge in [0.15, 0.2) is 17.5 Å². The summed E-state index contributed by atoms with van der Waals surface area (Å²) in [7, 11) is 3.18. The van der Waals surface area contributed by atoms with Crippen LogP contribution in [-0.4, -0.2) is 53.1 Å². The van der Waals surface area contributed by atoms with Gasteiger partial charge in [0.1, 0.15) is 0 Å². The minimum Gasteiger partial charge on any atom is -0.494 e. The quantitative estimate of drug-likeness (QED) is 0.231. The van der Waals surface area contributed by atoms with Crippen LogP contribution in [0.15, 0.2) is 23.2 Å². The molecule has 0 aromatic heterocycles. The van der Waals surface area contributed by atoms with Crippen molar-refractivity contribution < 1.29 is 18.6 Å². The fourth-order valence-electron chi connectivity index (χ4n) is 2.98. The Morgan fingerprint density at radius 3 is 2.75 bits per heavy atom. The van der Waals surface area contributed by atoms with Crippen molar-refractivity contribution in [3.05, 3.63) is 29.6 Å². The minimum absolute atomic E-state index is 0. The van der Waals surface area contributed by atoms with E-state index in [1.165, 1.54) is 13.2 Å². The number of ether oxygens (including phenoxy) is 3. The maximum absolute atomic E-state index is 13.9. The van der Waals surface area contributed by atoms with Gasteiger partial charge in [0.2, 0.25) is 0 Å². The SMILES string of the molecule is CN=C(NCCCOCC1CCOCC1)NC(C)c1ccc(OC)c(F)c1.I. The summed E-state index contributed by atoms with van der Waals surface area (Å²) in [4.78, 5) is 4.22. The summed E-state index contributed by atoms with van der Waals surface area (Å²) in [5.41, 5.74) is 0.830. The third-order valence-corrected chi connectivity index (χ3v) is 4.71. The average molecular weight is 509 g/mol. The molecule has 6 nitrogen and oxygen atoms in total. The predicted molar refractivity (Wildman–Crippen MR) is 120 cm³/mol. The van der Waals surface area contributed by atoms with Crippen LogP contribution in [-0.2, 0) is 9.47 Å². The molecule has 1 heterocycles. The van der Waals surface area contributed by atoms with Gasteiger partial charge in [-0.3, -0.25) is 4.99 Å². The van der Waals surface area contributed by atoms with Crippen LogP contribution in [0.25, 0.3) is 0 Å². The molecule has 0 amide bonds. The molecule has 1 aliphatic rings. The zero-order valence-electron chi connectivity index (χ0n) is 17.0. The zero-order chi connectivity index (χ0) is 19.5. The number of nitrogens with one attached hydrogen (secondary N) is 2. The van der Waals surface area contributed by atoms with Crippen LogP contribution in [0.1, 0.15) is 37.8 Å². The second-order valence-corrected chi connectivity index (χ2v) is 6.74. The molecule has 0 bridgehead atoms. The van der Waals surface area contributed by atoms with Crippen molar-refractivity contribution in [2.45, 2.75) is 32.2 Å². The van der Waals surface area contributed by atoms with Gasteiger partial charge >= 0.3 is 0 Å². The first kappa shape index (κ1) is 24.9. The van der Waals surface area contributed by atoms with Gasteiger partial charge < -0.3 is 24.8 Å². The van der Waals surface area contributed by atoms with Gasteiger partial charge in [-0.25, -0.2) is 4.39 Å². The largest absolute Gasteiger partial charge is 0.494 e. The topological polar surface area (TPSA) is 64.1 Å². The summed E-state index contributed by atoms with van der Waals surface area (Å²) in [6, 6.07) is 4.88. The molecule has 8 heteroatoms. The standard InChI is InChI=1S/C20H32FN3O3.HI/c1-15(17-5-6-19(25-3)18(21)13-17)24-20(22-2)23-9-4-10-27-14-16-7-11-26-12-8-16;/h5-6,13,15-16H,4,7-12,14H2,1-3H3,(H2,22,23,24);1H. The molecule has 1 atom stereocenters. The van der Waals surface area contributed by atoms with E-state index in [2.05, 4.69) is 15.6 Å². The number of rotatable bonds is 9. The summed E-state index contributed by atoms with van der Waals surface area (Å²) >= 11 is 0. The van der Waals surface area contributed by atoms with Crippen molar-refractivity contribution >= 4 is 29.9 Å². The van der Waals surface area contributed by atoms with Gasteiger partial charge in [-0.05, 0) is 49.8 Å². The van der Waals surface area contributed by atoms with E-state index in [-0.39, 0.29) is 41.6 Å². The number of hydrogen-bond donors (Lipinski definition) is 2. The van der Waals surface area contributed by atoms with Gasteiger partial charge in [0, 0.05) is 40.0 Å². The minimum atomic E-state index is -0.367. The van der Waals surface area contributed by atoms with Crippen molar-refractivity contribution in [2.24, 2.45) is 10.9 Å². The Bertz CT molecular complexity index is 598. The number of aliphatic imine (C=N–C) groups is 1. The molecule has 2 rings (SSSR count). The Morgan fingerprint density at radius 1 is 1.36 bits per heavy atom. The first-order valence-corrected chi connectivity index (χ1v) is 9.60. The fraction of sp³-hybridized carbons (Fsp3) is 0.650. The second-order valence-electron chi connectivity index (χ2n) is 6.74. The number of methoxy groups -OCH3 is 1. The van der Waals surface area contributed by atoms with Crippen LogP contribution >= 0.6 is 24.0 Å². The van der Waals surface area contributed by atoms with Gasteiger partial charge in [0.05, 0.1) is 13.2 Å². The lowest BCUT2D eigenvalue weighted by Gasteiger charge is -2.22. The third kappa shape index (κ3) is 8.48. The van der Waals surface area contributed by atoms with Gasteiger partial charge in [-0.1, -0.05) is 6.07 Å². The van der Waals surface area contributed by atoms with Crippen LogP contribution in [0, 0.1) is 11.7 Å². The molecular weight excluding hydrogens is 476 g/mol. The fourth-order valence-corrected chi connectivity index (χ4v) is 2.98. The van der Waals surface area contributed by atoms with Crippen LogP contribution in [0.4, 0.5) is 4.39 Å². The van der Waals surface area contributed by atoms with E-state index in [1.54, 1.807) is 13.1 Å². The highest BCUT2D eigenvalue weighted by atomic mass is 127. The van der Waals surface area contributed by atoms with E-state index in [0.717, 1.165) is 57.8 Å². The highest BCUT2D eigenvalue weighted by molar-refractivity contribution is 14.0. The molecule has 1 saturated heterocycles. The van der Waals surface area contributed by atoms with Gasteiger partial charge in [0.25, 0.3) is 0 Å². The Labute approximate surface area is 184 Å². The maximum Gasteiger partial charge on any atom is 0.191 e. The molecule has 0 spiro atoms. The molecule has 1 aliphatic heterocycles. The number of benzene rings is 1. The molecule has 1 unspecified atom stereocenters. The summed E-state index contributed by atoms with van der Waals surface area (Å²) in [6.45, 7) is 5.97. The summed E-state index contributed by atoms with van der Waals surface area (Å²) < 4.78 is 29.9. The van der Waals surface area contributed by atoms with Crippen molar-refractivity contribution in [1.82, 2.24) is 10.6 Å². The zero-order valence-corrected chi connectivity index (χ0v) is 19.3. The highest BCUT2D eigenvalue weighted by Gasteiger charge is 2.14. The third-order valence-electron chi connectivity index (χ3n) is 4.71. The van der Waals surface area contributed by atoms with E-state index in [1.807, 2.05) is 13.0 Å². The van der Waals surface area contributed by atoms with Crippen LogP contribution in [0.2, 0.25) is 0 Å². The van der Waals surface area contributed by atoms with E-state index < -0.39 is 0 Å². The first-order valence-electron chi connectivity index (χ1n) is 9.60. The molecule has 1 aromatic rings. The molecule has 2 N–H and O–H groups in total. The Balaban J connectivity index is 0.00000392. The van der Waals surface area contributed by atoms with E-state index in [4.69, 9.17) is 14.2 Å². The molecular formula is C20H33FIN3O3. The van der Waals surface area contributed by atoms with Crippen LogP contribution < -0.4 is 15.4 Å². The van der Waals surface area contributed by atoms with Crippen LogP contribution in [0.5, 0.6) is 5.75 Å². The Morgan fingerprint density at radius 2 is 2.11 bits per heavy atom. The van der Waals surface area contributed by atoms with Crippen molar-refractivity contribution in [1.29, 1.82) is 0 Å².